The SMILES string of the molecule is CCc1ccc(Cc2ccc(C(=O)O)cc2)s1. The molecule has 0 unspecified atom stereocenters. The topological polar surface area (TPSA) is 37.3 Å². The second-order valence-electron chi connectivity index (χ2n) is 3.90. The van der Waals surface area contributed by atoms with Crippen molar-refractivity contribution in [2.45, 2.75) is 19.8 Å². The second kappa shape index (κ2) is 5.15. The maximum atomic E-state index is 10.7. The quantitative estimate of drug-likeness (QED) is 0.895. The van der Waals surface area contributed by atoms with Crippen LogP contribution in [0.5, 0.6) is 0 Å². The summed E-state index contributed by atoms with van der Waals surface area (Å²) in [5.74, 6) is -0.874. The Hall–Kier alpha value is -1.61. The van der Waals surface area contributed by atoms with Crippen LogP contribution in [0.2, 0.25) is 0 Å². The lowest BCUT2D eigenvalue weighted by Crippen LogP contribution is -1.96. The first-order valence-corrected chi connectivity index (χ1v) is 6.40. The number of benzene rings is 1. The fourth-order valence-electron chi connectivity index (χ4n) is 1.67. The Bertz CT molecular complexity index is 511. The third-order valence-electron chi connectivity index (χ3n) is 2.65. The number of aromatic carboxylic acids is 1. The smallest absolute Gasteiger partial charge is 0.335 e. The van der Waals surface area contributed by atoms with E-state index in [0.717, 1.165) is 18.4 Å². The molecule has 0 spiro atoms. The van der Waals surface area contributed by atoms with Crippen molar-refractivity contribution < 1.29 is 9.90 Å². The summed E-state index contributed by atoms with van der Waals surface area (Å²) in [6, 6.07) is 11.4. The number of hydrogen-bond donors (Lipinski definition) is 1. The van der Waals surface area contributed by atoms with Gasteiger partial charge in [0, 0.05) is 16.2 Å². The van der Waals surface area contributed by atoms with Gasteiger partial charge in [0.2, 0.25) is 0 Å². The Balaban J connectivity index is 2.10. The molecule has 0 saturated heterocycles. The lowest BCUT2D eigenvalue weighted by atomic mass is 10.1. The molecule has 1 aromatic carbocycles. The third kappa shape index (κ3) is 2.94. The molecule has 0 radical (unpaired) electrons. The standard InChI is InChI=1S/C14H14O2S/c1-2-12-7-8-13(17-12)9-10-3-5-11(6-4-10)14(15)16/h3-8H,2,9H2,1H3,(H,15,16). The zero-order valence-corrected chi connectivity index (χ0v) is 10.5. The monoisotopic (exact) mass is 246 g/mol. The van der Waals surface area contributed by atoms with Gasteiger partial charge in [-0.1, -0.05) is 19.1 Å². The number of carboxylic acids is 1. The van der Waals surface area contributed by atoms with Gasteiger partial charge in [-0.15, -0.1) is 11.3 Å². The highest BCUT2D eigenvalue weighted by Gasteiger charge is 2.03. The van der Waals surface area contributed by atoms with Crippen molar-refractivity contribution >= 4 is 17.3 Å². The van der Waals surface area contributed by atoms with E-state index >= 15 is 0 Å². The molecule has 1 N–H and O–H groups in total. The highest BCUT2D eigenvalue weighted by molar-refractivity contribution is 7.12. The van der Waals surface area contributed by atoms with Crippen LogP contribution in [0.1, 0.15) is 32.6 Å². The van der Waals surface area contributed by atoms with Crippen molar-refractivity contribution in [2.24, 2.45) is 0 Å². The molecule has 2 rings (SSSR count). The van der Waals surface area contributed by atoms with Gasteiger partial charge in [0.15, 0.2) is 0 Å². The number of carboxylic acid groups (broad SMARTS) is 1. The molecule has 3 heteroatoms. The first kappa shape index (κ1) is 11.9. The van der Waals surface area contributed by atoms with E-state index in [1.807, 2.05) is 23.5 Å². The highest BCUT2D eigenvalue weighted by Crippen LogP contribution is 2.20. The van der Waals surface area contributed by atoms with Gasteiger partial charge in [-0.2, -0.15) is 0 Å². The fraction of sp³-hybridized carbons (Fsp3) is 0.214. The normalized spacial score (nSPS) is 10.4. The fourth-order valence-corrected chi connectivity index (χ4v) is 2.67. The van der Waals surface area contributed by atoms with Gasteiger partial charge in [0.25, 0.3) is 0 Å². The van der Waals surface area contributed by atoms with E-state index in [2.05, 4.69) is 19.1 Å². The Kier molecular flexibility index (Phi) is 3.59. The molecule has 0 fully saturated rings. The van der Waals surface area contributed by atoms with Crippen LogP contribution in [-0.4, -0.2) is 11.1 Å². The van der Waals surface area contributed by atoms with Gasteiger partial charge < -0.3 is 5.11 Å². The van der Waals surface area contributed by atoms with Crippen molar-refractivity contribution in [1.29, 1.82) is 0 Å². The van der Waals surface area contributed by atoms with Crippen LogP contribution in [-0.2, 0) is 12.8 Å². The molecule has 0 saturated carbocycles. The summed E-state index contributed by atoms with van der Waals surface area (Å²) < 4.78 is 0. The molecular weight excluding hydrogens is 232 g/mol. The Morgan fingerprint density at radius 1 is 1.12 bits per heavy atom. The van der Waals surface area contributed by atoms with Crippen LogP contribution in [0.4, 0.5) is 0 Å². The van der Waals surface area contributed by atoms with E-state index in [4.69, 9.17) is 5.11 Å². The minimum absolute atomic E-state index is 0.342. The van der Waals surface area contributed by atoms with E-state index in [0.29, 0.717) is 5.56 Å². The zero-order valence-electron chi connectivity index (χ0n) is 9.64. The summed E-state index contributed by atoms with van der Waals surface area (Å²) in [4.78, 5) is 13.4. The highest BCUT2D eigenvalue weighted by atomic mass is 32.1. The van der Waals surface area contributed by atoms with Crippen LogP contribution in [0.15, 0.2) is 36.4 Å². The van der Waals surface area contributed by atoms with Gasteiger partial charge in [0.05, 0.1) is 5.56 Å². The van der Waals surface area contributed by atoms with Crippen molar-refractivity contribution in [3.05, 3.63) is 57.3 Å². The number of aryl methyl sites for hydroxylation is 1. The molecule has 1 heterocycles. The Morgan fingerprint density at radius 2 is 1.76 bits per heavy atom. The number of rotatable bonds is 4. The molecule has 0 amide bonds. The molecule has 0 aliphatic heterocycles. The minimum atomic E-state index is -0.874. The third-order valence-corrected chi connectivity index (χ3v) is 3.87. The van der Waals surface area contributed by atoms with Crippen LogP contribution in [0.3, 0.4) is 0 Å². The lowest BCUT2D eigenvalue weighted by molar-refractivity contribution is 0.0697. The molecule has 2 nitrogen and oxygen atoms in total. The molecule has 0 atom stereocenters. The summed E-state index contributed by atoms with van der Waals surface area (Å²) in [7, 11) is 0. The first-order chi connectivity index (χ1) is 8.19. The molecule has 0 aliphatic rings. The van der Waals surface area contributed by atoms with E-state index in [1.165, 1.54) is 9.75 Å². The molecule has 0 bridgehead atoms. The Morgan fingerprint density at radius 3 is 2.29 bits per heavy atom. The number of thiophene rings is 1. The molecule has 88 valence electrons. The van der Waals surface area contributed by atoms with Crippen molar-refractivity contribution in [2.75, 3.05) is 0 Å². The molecular formula is C14H14O2S. The predicted molar refractivity (Wildman–Crippen MR) is 69.9 cm³/mol. The number of hydrogen-bond acceptors (Lipinski definition) is 2. The summed E-state index contributed by atoms with van der Waals surface area (Å²) in [6.45, 7) is 2.15. The predicted octanol–water partition coefficient (Wildman–Crippen LogP) is 3.60. The maximum Gasteiger partial charge on any atom is 0.335 e. The van der Waals surface area contributed by atoms with Gasteiger partial charge >= 0.3 is 5.97 Å². The molecule has 17 heavy (non-hydrogen) atoms. The van der Waals surface area contributed by atoms with Crippen LogP contribution >= 0.6 is 11.3 Å². The van der Waals surface area contributed by atoms with Gasteiger partial charge in [-0.25, -0.2) is 4.79 Å². The van der Waals surface area contributed by atoms with E-state index in [1.54, 1.807) is 12.1 Å². The molecule has 0 aliphatic carbocycles. The lowest BCUT2D eigenvalue weighted by Gasteiger charge is -1.99. The van der Waals surface area contributed by atoms with Gasteiger partial charge in [-0.3, -0.25) is 0 Å². The van der Waals surface area contributed by atoms with E-state index in [9.17, 15) is 4.79 Å². The van der Waals surface area contributed by atoms with Gasteiger partial charge in [-0.05, 0) is 36.2 Å². The van der Waals surface area contributed by atoms with E-state index < -0.39 is 5.97 Å². The van der Waals surface area contributed by atoms with Crippen molar-refractivity contribution in [3.63, 3.8) is 0 Å². The van der Waals surface area contributed by atoms with Gasteiger partial charge in [0.1, 0.15) is 0 Å². The van der Waals surface area contributed by atoms with Crippen molar-refractivity contribution in [3.8, 4) is 0 Å². The largest absolute Gasteiger partial charge is 0.478 e. The van der Waals surface area contributed by atoms with Crippen LogP contribution in [0.25, 0.3) is 0 Å². The average Bonchev–Trinajstić information content (AvgIpc) is 2.77. The summed E-state index contributed by atoms with van der Waals surface area (Å²) in [6.07, 6.45) is 1.95. The summed E-state index contributed by atoms with van der Waals surface area (Å²) in [5.41, 5.74) is 1.49. The zero-order chi connectivity index (χ0) is 12.3. The second-order valence-corrected chi connectivity index (χ2v) is 5.15. The summed E-state index contributed by atoms with van der Waals surface area (Å²) in [5, 5.41) is 8.80. The Labute approximate surface area is 105 Å². The van der Waals surface area contributed by atoms with Crippen molar-refractivity contribution in [1.82, 2.24) is 0 Å². The maximum absolute atomic E-state index is 10.7. The van der Waals surface area contributed by atoms with Crippen LogP contribution < -0.4 is 0 Å². The van der Waals surface area contributed by atoms with E-state index in [-0.39, 0.29) is 0 Å². The average molecular weight is 246 g/mol. The first-order valence-electron chi connectivity index (χ1n) is 5.59. The minimum Gasteiger partial charge on any atom is -0.478 e. The van der Waals surface area contributed by atoms with Crippen LogP contribution in [0, 0.1) is 0 Å². The molecule has 1 aromatic heterocycles. The number of carbonyl (C=O) groups is 1. The summed E-state index contributed by atoms with van der Waals surface area (Å²) >= 11 is 1.82. The molecule has 2 aromatic rings.